The molecule has 0 radical (unpaired) electrons. The number of hydrogen-bond acceptors (Lipinski definition) is 5. The van der Waals surface area contributed by atoms with Gasteiger partial charge in [0.15, 0.2) is 5.13 Å². The molecular formula is C24H23N3OS2. The second-order valence-electron chi connectivity index (χ2n) is 7.37. The fourth-order valence-corrected chi connectivity index (χ4v) is 5.20. The summed E-state index contributed by atoms with van der Waals surface area (Å²) in [4.78, 5) is 25.2. The summed E-state index contributed by atoms with van der Waals surface area (Å²) in [5, 5.41) is 0.733. The molecule has 0 aliphatic heterocycles. The van der Waals surface area contributed by atoms with Crippen LogP contribution in [0.25, 0.3) is 10.2 Å². The van der Waals surface area contributed by atoms with Crippen molar-refractivity contribution in [3.05, 3.63) is 83.2 Å². The van der Waals surface area contributed by atoms with Crippen LogP contribution in [-0.4, -0.2) is 21.6 Å². The first kappa shape index (κ1) is 20.6. The molecule has 0 spiro atoms. The molecular weight excluding hydrogens is 410 g/mol. The van der Waals surface area contributed by atoms with Crippen LogP contribution in [0.4, 0.5) is 5.13 Å². The largest absolute Gasteiger partial charge is 0.283 e. The van der Waals surface area contributed by atoms with Crippen LogP contribution >= 0.6 is 23.1 Å². The highest BCUT2D eigenvalue weighted by molar-refractivity contribution is 8.00. The first-order valence-corrected chi connectivity index (χ1v) is 11.6. The first-order chi connectivity index (χ1) is 14.5. The molecule has 0 fully saturated rings. The minimum absolute atomic E-state index is 0.0397. The molecule has 6 heteroatoms. The zero-order chi connectivity index (χ0) is 21.1. The maximum atomic E-state index is 13.3. The van der Waals surface area contributed by atoms with Crippen LogP contribution < -0.4 is 4.90 Å². The molecule has 1 amide bonds. The monoisotopic (exact) mass is 433 g/mol. The van der Waals surface area contributed by atoms with Crippen molar-refractivity contribution in [2.45, 2.75) is 32.2 Å². The highest BCUT2D eigenvalue weighted by atomic mass is 32.2. The fourth-order valence-electron chi connectivity index (χ4n) is 3.27. The molecule has 0 saturated heterocycles. The van der Waals surface area contributed by atoms with Crippen LogP contribution in [0.3, 0.4) is 0 Å². The molecule has 0 aliphatic rings. The average molecular weight is 434 g/mol. The maximum Gasteiger partial charge on any atom is 0.239 e. The second-order valence-corrected chi connectivity index (χ2v) is 9.43. The minimum Gasteiger partial charge on any atom is -0.283 e. The van der Waals surface area contributed by atoms with Gasteiger partial charge in [-0.25, -0.2) is 4.98 Å². The lowest BCUT2D eigenvalue weighted by atomic mass is 10.1. The molecule has 152 valence electrons. The van der Waals surface area contributed by atoms with Crippen molar-refractivity contribution < 1.29 is 4.79 Å². The number of hydrogen-bond donors (Lipinski definition) is 0. The summed E-state index contributed by atoms with van der Waals surface area (Å²) in [6.07, 6.45) is 3.54. The minimum atomic E-state index is 0.0397. The molecule has 2 aromatic carbocycles. The number of nitrogens with zero attached hydrogens (tertiary/aromatic N) is 3. The van der Waals surface area contributed by atoms with E-state index in [2.05, 4.69) is 62.2 Å². The number of thiazole rings is 1. The van der Waals surface area contributed by atoms with Crippen molar-refractivity contribution in [3.8, 4) is 0 Å². The normalized spacial score (nSPS) is 11.0. The zero-order valence-electron chi connectivity index (χ0n) is 17.3. The van der Waals surface area contributed by atoms with Gasteiger partial charge < -0.3 is 0 Å². The SMILES string of the molecule is Cc1ccc(SCC(=O)N(Cc2cccnc2)c2nc3c(C)cc(C)cc3s2)cc1. The van der Waals surface area contributed by atoms with E-state index in [1.807, 2.05) is 12.1 Å². The quantitative estimate of drug-likeness (QED) is 0.353. The van der Waals surface area contributed by atoms with E-state index in [1.54, 1.807) is 40.4 Å². The van der Waals surface area contributed by atoms with Gasteiger partial charge in [0.05, 0.1) is 22.5 Å². The Labute approximate surface area is 185 Å². The van der Waals surface area contributed by atoms with Gasteiger partial charge in [0.2, 0.25) is 5.91 Å². The Morgan fingerprint density at radius 2 is 1.87 bits per heavy atom. The lowest BCUT2D eigenvalue weighted by Gasteiger charge is -2.19. The molecule has 0 N–H and O–H groups in total. The van der Waals surface area contributed by atoms with E-state index in [-0.39, 0.29) is 5.91 Å². The van der Waals surface area contributed by atoms with E-state index in [1.165, 1.54) is 11.1 Å². The van der Waals surface area contributed by atoms with E-state index in [4.69, 9.17) is 4.98 Å². The first-order valence-electron chi connectivity index (χ1n) is 9.76. The number of aromatic nitrogens is 2. The van der Waals surface area contributed by atoms with Crippen molar-refractivity contribution in [2.24, 2.45) is 0 Å². The summed E-state index contributed by atoms with van der Waals surface area (Å²) in [5.74, 6) is 0.398. The van der Waals surface area contributed by atoms with E-state index in [9.17, 15) is 4.79 Å². The average Bonchev–Trinajstić information content (AvgIpc) is 3.16. The number of anilines is 1. The zero-order valence-corrected chi connectivity index (χ0v) is 18.9. The van der Waals surface area contributed by atoms with E-state index in [0.29, 0.717) is 12.3 Å². The molecule has 4 rings (SSSR count). The van der Waals surface area contributed by atoms with Gasteiger partial charge in [-0.3, -0.25) is 14.7 Å². The van der Waals surface area contributed by atoms with Crippen molar-refractivity contribution in [3.63, 3.8) is 0 Å². The van der Waals surface area contributed by atoms with Gasteiger partial charge in [0.1, 0.15) is 0 Å². The molecule has 4 aromatic rings. The molecule has 0 bridgehead atoms. The van der Waals surface area contributed by atoms with Crippen LogP contribution in [0.2, 0.25) is 0 Å². The molecule has 2 heterocycles. The third-order valence-electron chi connectivity index (χ3n) is 4.80. The Kier molecular flexibility index (Phi) is 6.16. The molecule has 0 unspecified atom stereocenters. The molecule has 0 saturated carbocycles. The number of aryl methyl sites for hydroxylation is 3. The smallest absolute Gasteiger partial charge is 0.239 e. The lowest BCUT2D eigenvalue weighted by Crippen LogP contribution is -2.31. The molecule has 2 aromatic heterocycles. The summed E-state index contributed by atoms with van der Waals surface area (Å²) >= 11 is 3.12. The van der Waals surface area contributed by atoms with Crippen LogP contribution in [0.15, 0.2) is 65.8 Å². The molecule has 4 nitrogen and oxygen atoms in total. The number of fused-ring (bicyclic) bond motifs is 1. The number of benzene rings is 2. The number of rotatable bonds is 6. The standard InChI is InChI=1S/C24H23N3OS2/c1-16-6-8-20(9-7-16)29-15-22(28)27(14-19-5-4-10-25-13-19)24-26-23-18(3)11-17(2)12-21(23)30-24/h4-13H,14-15H2,1-3H3. The lowest BCUT2D eigenvalue weighted by molar-refractivity contribution is -0.116. The van der Waals surface area contributed by atoms with Crippen molar-refractivity contribution in [1.29, 1.82) is 0 Å². The third kappa shape index (κ3) is 4.71. The van der Waals surface area contributed by atoms with Crippen LogP contribution in [0.5, 0.6) is 0 Å². The number of carbonyl (C=O) groups is 1. The van der Waals surface area contributed by atoms with Gasteiger partial charge in [-0.2, -0.15) is 0 Å². The summed E-state index contributed by atoms with van der Waals surface area (Å²) in [7, 11) is 0. The van der Waals surface area contributed by atoms with Gasteiger partial charge >= 0.3 is 0 Å². The number of thioether (sulfide) groups is 1. The summed E-state index contributed by atoms with van der Waals surface area (Å²) in [5.41, 5.74) is 5.50. The second kappa shape index (κ2) is 8.98. The van der Waals surface area contributed by atoms with Crippen LogP contribution in [0, 0.1) is 20.8 Å². The third-order valence-corrected chi connectivity index (χ3v) is 6.82. The van der Waals surface area contributed by atoms with Gasteiger partial charge in [-0.15, -0.1) is 11.8 Å². The number of pyridine rings is 1. The Morgan fingerprint density at radius 3 is 2.60 bits per heavy atom. The highest BCUT2D eigenvalue weighted by Crippen LogP contribution is 2.33. The van der Waals surface area contributed by atoms with Gasteiger partial charge in [-0.05, 0) is 61.7 Å². The van der Waals surface area contributed by atoms with Gasteiger partial charge in [-0.1, -0.05) is 41.2 Å². The van der Waals surface area contributed by atoms with E-state index in [0.717, 1.165) is 31.4 Å². The van der Waals surface area contributed by atoms with Crippen LogP contribution in [0.1, 0.15) is 22.3 Å². The van der Waals surface area contributed by atoms with E-state index >= 15 is 0 Å². The summed E-state index contributed by atoms with van der Waals surface area (Å²) in [6.45, 7) is 6.67. The Bertz CT molecular complexity index is 1170. The van der Waals surface area contributed by atoms with Crippen molar-refractivity contribution in [1.82, 2.24) is 9.97 Å². The predicted octanol–water partition coefficient (Wildman–Crippen LogP) is 5.94. The fraction of sp³-hybridized carbons (Fsp3) is 0.208. The van der Waals surface area contributed by atoms with Crippen molar-refractivity contribution in [2.75, 3.05) is 10.7 Å². The predicted molar refractivity (Wildman–Crippen MR) is 126 cm³/mol. The van der Waals surface area contributed by atoms with Crippen molar-refractivity contribution >= 4 is 44.4 Å². The van der Waals surface area contributed by atoms with Gasteiger partial charge in [0, 0.05) is 17.3 Å². The summed E-state index contributed by atoms with van der Waals surface area (Å²) in [6, 6.07) is 16.4. The highest BCUT2D eigenvalue weighted by Gasteiger charge is 2.21. The van der Waals surface area contributed by atoms with Crippen LogP contribution in [-0.2, 0) is 11.3 Å². The molecule has 30 heavy (non-hydrogen) atoms. The summed E-state index contributed by atoms with van der Waals surface area (Å²) < 4.78 is 1.11. The Morgan fingerprint density at radius 1 is 1.07 bits per heavy atom. The molecule has 0 aliphatic carbocycles. The van der Waals surface area contributed by atoms with E-state index < -0.39 is 0 Å². The molecule has 0 atom stereocenters. The Balaban J connectivity index is 1.63. The Hall–Kier alpha value is -2.70. The topological polar surface area (TPSA) is 46.1 Å². The number of amides is 1. The number of carbonyl (C=O) groups excluding carboxylic acids is 1. The van der Waals surface area contributed by atoms with Gasteiger partial charge in [0.25, 0.3) is 0 Å². The maximum absolute atomic E-state index is 13.3.